The number of carbonyl (C=O) groups is 2. The van der Waals surface area contributed by atoms with Gasteiger partial charge in [-0.1, -0.05) is 23.2 Å². The number of phenols is 2. The van der Waals surface area contributed by atoms with Crippen molar-refractivity contribution in [2.24, 2.45) is 5.10 Å². The first-order chi connectivity index (χ1) is 13.8. The Morgan fingerprint density at radius 2 is 1.90 bits per heavy atom. The van der Waals surface area contributed by atoms with E-state index in [2.05, 4.69) is 15.8 Å². The molecule has 4 N–H and O–H groups in total. The Bertz CT molecular complexity index is 905. The fourth-order valence-corrected chi connectivity index (χ4v) is 2.59. The van der Waals surface area contributed by atoms with E-state index in [1.54, 1.807) is 18.2 Å². The number of nitrogens with zero attached hydrogens (tertiary/aromatic N) is 1. The molecule has 2 rings (SSSR count). The summed E-state index contributed by atoms with van der Waals surface area (Å²) in [6.45, 7) is 0.0307. The number of amides is 2. The van der Waals surface area contributed by atoms with Crippen molar-refractivity contribution >= 4 is 41.2 Å². The predicted octanol–water partition coefficient (Wildman–Crippen LogP) is 2.83. The number of carbonyl (C=O) groups excluding carboxylic acids is 2. The minimum Gasteiger partial charge on any atom is -0.508 e. The third kappa shape index (κ3) is 7.89. The van der Waals surface area contributed by atoms with Crippen LogP contribution in [0.15, 0.2) is 41.5 Å². The Labute approximate surface area is 177 Å². The van der Waals surface area contributed by atoms with E-state index < -0.39 is 5.91 Å². The number of hydrazone groups is 1. The van der Waals surface area contributed by atoms with Crippen molar-refractivity contribution in [1.29, 1.82) is 0 Å². The lowest BCUT2D eigenvalue weighted by molar-refractivity contribution is -0.126. The molecule has 29 heavy (non-hydrogen) atoms. The van der Waals surface area contributed by atoms with Gasteiger partial charge in [0.15, 0.2) is 0 Å². The second-order valence-corrected chi connectivity index (χ2v) is 6.68. The van der Waals surface area contributed by atoms with Crippen LogP contribution >= 0.6 is 23.2 Å². The molecule has 154 valence electrons. The van der Waals surface area contributed by atoms with E-state index in [1.165, 1.54) is 18.3 Å². The third-order valence-electron chi connectivity index (χ3n) is 3.55. The lowest BCUT2D eigenvalue weighted by atomic mass is 10.2. The van der Waals surface area contributed by atoms with Gasteiger partial charge in [0.25, 0.3) is 5.91 Å². The number of halogens is 2. The Balaban J connectivity index is 1.63. The van der Waals surface area contributed by atoms with Crippen molar-refractivity contribution < 1.29 is 24.5 Å². The highest BCUT2D eigenvalue weighted by Gasteiger charge is 2.07. The molecule has 2 aromatic carbocycles. The molecule has 0 saturated heterocycles. The van der Waals surface area contributed by atoms with Crippen LogP contribution in [0.4, 0.5) is 0 Å². The van der Waals surface area contributed by atoms with Crippen molar-refractivity contribution in [3.05, 3.63) is 52.0 Å². The maximum atomic E-state index is 11.8. The van der Waals surface area contributed by atoms with Crippen molar-refractivity contribution in [2.75, 3.05) is 13.2 Å². The Kier molecular flexibility index (Phi) is 8.57. The molecule has 0 aliphatic rings. The van der Waals surface area contributed by atoms with Crippen molar-refractivity contribution in [1.82, 2.24) is 10.7 Å². The van der Waals surface area contributed by atoms with Crippen LogP contribution < -0.4 is 15.5 Å². The molecule has 0 aliphatic heterocycles. The maximum Gasteiger partial charge on any atom is 0.259 e. The molecule has 0 spiro atoms. The highest BCUT2D eigenvalue weighted by atomic mass is 35.5. The van der Waals surface area contributed by atoms with Gasteiger partial charge in [-0.15, -0.1) is 0 Å². The second-order valence-electron chi connectivity index (χ2n) is 5.84. The predicted molar refractivity (Wildman–Crippen MR) is 110 cm³/mol. The van der Waals surface area contributed by atoms with Gasteiger partial charge in [0.05, 0.1) is 24.4 Å². The zero-order chi connectivity index (χ0) is 21.2. The number of rotatable bonds is 9. The lowest BCUT2D eigenvalue weighted by Gasteiger charge is -2.08. The van der Waals surface area contributed by atoms with Crippen LogP contribution in [0.1, 0.15) is 18.4 Å². The molecule has 0 heterocycles. The highest BCUT2D eigenvalue weighted by molar-refractivity contribution is 6.35. The zero-order valence-electron chi connectivity index (χ0n) is 15.2. The van der Waals surface area contributed by atoms with Gasteiger partial charge in [-0.2, -0.15) is 5.10 Å². The number of phenolic OH excluding ortho intramolecular Hbond substituents is 2. The molecular weight excluding hydrogens is 421 g/mol. The van der Waals surface area contributed by atoms with Crippen molar-refractivity contribution in [3.63, 3.8) is 0 Å². The summed E-state index contributed by atoms with van der Waals surface area (Å²) >= 11 is 11.8. The minimum absolute atomic E-state index is 0.0898. The fourth-order valence-electron chi connectivity index (χ4n) is 2.13. The van der Waals surface area contributed by atoms with Gasteiger partial charge in [-0.05, 0) is 36.8 Å². The monoisotopic (exact) mass is 439 g/mol. The SMILES string of the molecule is O=C(CCCOc1ccc(Cl)cc1Cl)NCC(=O)N/N=C/c1ccc(O)cc1O. The fraction of sp³-hybridized carbons (Fsp3) is 0.211. The summed E-state index contributed by atoms with van der Waals surface area (Å²) in [5.41, 5.74) is 2.53. The Morgan fingerprint density at radius 3 is 2.62 bits per heavy atom. The summed E-state index contributed by atoms with van der Waals surface area (Å²) in [7, 11) is 0. The van der Waals surface area contributed by atoms with E-state index in [-0.39, 0.29) is 37.0 Å². The lowest BCUT2D eigenvalue weighted by Crippen LogP contribution is -2.34. The van der Waals surface area contributed by atoms with Crippen LogP contribution in [0.5, 0.6) is 17.2 Å². The van der Waals surface area contributed by atoms with Gasteiger partial charge in [0.2, 0.25) is 5.91 Å². The van der Waals surface area contributed by atoms with E-state index in [4.69, 9.17) is 27.9 Å². The molecule has 2 aromatic rings. The van der Waals surface area contributed by atoms with Gasteiger partial charge < -0.3 is 20.3 Å². The van der Waals surface area contributed by atoms with Gasteiger partial charge >= 0.3 is 0 Å². The molecule has 0 radical (unpaired) electrons. The molecule has 0 aromatic heterocycles. The molecule has 10 heteroatoms. The van der Waals surface area contributed by atoms with E-state index >= 15 is 0 Å². The average Bonchev–Trinajstić information content (AvgIpc) is 2.66. The molecular formula is C19H19Cl2N3O5. The molecule has 0 atom stereocenters. The van der Waals surface area contributed by atoms with Crippen molar-refractivity contribution in [2.45, 2.75) is 12.8 Å². The number of nitrogens with one attached hydrogen (secondary N) is 2. The van der Waals surface area contributed by atoms with Crippen molar-refractivity contribution in [3.8, 4) is 17.2 Å². The molecule has 2 amide bonds. The smallest absolute Gasteiger partial charge is 0.259 e. The largest absolute Gasteiger partial charge is 0.508 e. The highest BCUT2D eigenvalue weighted by Crippen LogP contribution is 2.27. The zero-order valence-corrected chi connectivity index (χ0v) is 16.7. The summed E-state index contributed by atoms with van der Waals surface area (Å²) in [5, 5.41) is 25.8. The normalized spacial score (nSPS) is 10.7. The summed E-state index contributed by atoms with van der Waals surface area (Å²) in [6.07, 6.45) is 1.82. The van der Waals surface area contributed by atoms with Crippen LogP contribution in [-0.2, 0) is 9.59 Å². The van der Waals surface area contributed by atoms with Gasteiger partial charge in [0, 0.05) is 23.1 Å². The molecule has 8 nitrogen and oxygen atoms in total. The Morgan fingerprint density at radius 1 is 1.10 bits per heavy atom. The van der Waals surface area contributed by atoms with Crippen LogP contribution in [0.25, 0.3) is 0 Å². The van der Waals surface area contributed by atoms with E-state index in [0.717, 1.165) is 6.07 Å². The summed E-state index contributed by atoms with van der Waals surface area (Å²) in [5.74, 6) is -0.636. The van der Waals surface area contributed by atoms with Crippen LogP contribution in [0.3, 0.4) is 0 Å². The summed E-state index contributed by atoms with van der Waals surface area (Å²) in [6, 6.07) is 8.81. The minimum atomic E-state index is -0.530. The van der Waals surface area contributed by atoms with Gasteiger partial charge in [-0.25, -0.2) is 5.43 Å². The number of hydrogen-bond acceptors (Lipinski definition) is 6. The van der Waals surface area contributed by atoms with E-state index in [9.17, 15) is 19.8 Å². The first-order valence-electron chi connectivity index (χ1n) is 8.53. The second kappa shape index (κ2) is 11.1. The number of hydrogen-bond donors (Lipinski definition) is 4. The standard InChI is InChI=1S/C19H19Cl2N3O5/c20-13-4-6-17(15(21)8-13)29-7-1-2-18(27)22-11-19(28)24-23-10-12-3-5-14(25)9-16(12)26/h3-6,8-10,25-26H,1-2,7,11H2,(H,22,27)(H,24,28)/b23-10+. The van der Waals surface area contributed by atoms with E-state index in [1.807, 2.05) is 0 Å². The van der Waals surface area contributed by atoms with Crippen LogP contribution in [-0.4, -0.2) is 41.4 Å². The molecule has 0 unspecified atom stereocenters. The first-order valence-corrected chi connectivity index (χ1v) is 9.29. The quantitative estimate of drug-likeness (QED) is 0.272. The number of aromatic hydroxyl groups is 2. The molecule has 0 aliphatic carbocycles. The summed E-state index contributed by atoms with van der Waals surface area (Å²) in [4.78, 5) is 23.4. The van der Waals surface area contributed by atoms with Crippen LogP contribution in [0, 0.1) is 0 Å². The number of benzene rings is 2. The summed E-state index contributed by atoms with van der Waals surface area (Å²) < 4.78 is 5.47. The topological polar surface area (TPSA) is 120 Å². The van der Waals surface area contributed by atoms with Gasteiger partial charge in [-0.3, -0.25) is 9.59 Å². The molecule has 0 saturated carbocycles. The first kappa shape index (κ1) is 22.3. The number of ether oxygens (including phenoxy) is 1. The molecule has 0 fully saturated rings. The Hall–Kier alpha value is -2.97. The maximum absolute atomic E-state index is 11.8. The van der Waals surface area contributed by atoms with Gasteiger partial charge in [0.1, 0.15) is 17.2 Å². The van der Waals surface area contributed by atoms with Crippen LogP contribution in [0.2, 0.25) is 10.0 Å². The molecule has 0 bridgehead atoms. The average molecular weight is 440 g/mol. The third-order valence-corrected chi connectivity index (χ3v) is 4.08. The van der Waals surface area contributed by atoms with E-state index in [0.29, 0.717) is 27.8 Å².